The molecule has 0 saturated heterocycles. The first-order valence-electron chi connectivity index (χ1n) is 14.5. The van der Waals surface area contributed by atoms with Gasteiger partial charge < -0.3 is 19.5 Å². The second-order valence-electron chi connectivity index (χ2n) is 11.5. The maximum absolute atomic E-state index is 11.0. The Bertz CT molecular complexity index is 1730. The molecule has 0 spiro atoms. The van der Waals surface area contributed by atoms with Crippen LogP contribution >= 0.6 is 0 Å². The molecule has 43 heavy (non-hydrogen) atoms. The molecule has 1 N–H and O–H groups in total. The predicted molar refractivity (Wildman–Crippen MR) is 172 cm³/mol. The SMILES string of the molecule is CC(C)c1cc(-c2ccccc2)cc(C(C)C)c1-n1cc(-c2[c-]c(N3C=CN(C)[CH-]3)ccc2)nc1-c1ccccc1O.[Pt+2]. The number of aromatic hydroxyl groups is 1. The third kappa shape index (κ3) is 6.05. The van der Waals surface area contributed by atoms with Gasteiger partial charge in [-0.2, -0.15) is 6.67 Å². The Kier molecular flexibility index (Phi) is 8.94. The number of benzene rings is 4. The van der Waals surface area contributed by atoms with Crippen LogP contribution in [-0.4, -0.2) is 26.6 Å². The van der Waals surface area contributed by atoms with E-state index in [0.717, 1.165) is 22.6 Å². The average Bonchev–Trinajstić information content (AvgIpc) is 3.64. The zero-order valence-electron chi connectivity index (χ0n) is 25.1. The molecule has 1 aliphatic rings. The van der Waals surface area contributed by atoms with Crippen molar-refractivity contribution < 1.29 is 26.2 Å². The molecular weight excluding hydrogens is 712 g/mol. The van der Waals surface area contributed by atoms with Crippen LogP contribution in [0.1, 0.15) is 50.7 Å². The summed E-state index contributed by atoms with van der Waals surface area (Å²) < 4.78 is 2.18. The van der Waals surface area contributed by atoms with Crippen molar-refractivity contribution in [2.45, 2.75) is 39.5 Å². The molecule has 1 aromatic heterocycles. The molecule has 0 unspecified atom stereocenters. The van der Waals surface area contributed by atoms with Crippen molar-refractivity contribution in [1.82, 2.24) is 14.5 Å². The van der Waals surface area contributed by atoms with Gasteiger partial charge in [0.2, 0.25) is 0 Å². The quantitative estimate of drug-likeness (QED) is 0.169. The van der Waals surface area contributed by atoms with Gasteiger partial charge in [-0.05, 0) is 84.0 Å². The van der Waals surface area contributed by atoms with Crippen LogP contribution in [0.5, 0.6) is 5.75 Å². The van der Waals surface area contributed by atoms with Crippen LogP contribution in [0.15, 0.2) is 104 Å². The van der Waals surface area contributed by atoms with Crippen molar-refractivity contribution >= 4 is 5.69 Å². The Balaban J connectivity index is 0.00000368. The molecule has 5 aromatic rings. The minimum atomic E-state index is 0. The molecule has 0 fully saturated rings. The molecule has 0 bridgehead atoms. The minimum absolute atomic E-state index is 0. The van der Waals surface area contributed by atoms with Crippen LogP contribution in [0.3, 0.4) is 0 Å². The smallest absolute Gasteiger partial charge is 0.510 e. The molecule has 0 saturated carbocycles. The van der Waals surface area contributed by atoms with Crippen LogP contribution in [0.4, 0.5) is 5.69 Å². The third-order valence-electron chi connectivity index (χ3n) is 7.71. The Labute approximate surface area is 269 Å². The fraction of sp³-hybridized carbons (Fsp3) is 0.189. The molecule has 220 valence electrons. The molecule has 6 heteroatoms. The number of para-hydroxylation sites is 1. The number of phenolic OH excluding ortho intramolecular Hbond substituents is 1. The predicted octanol–water partition coefficient (Wildman–Crippen LogP) is 8.97. The summed E-state index contributed by atoms with van der Waals surface area (Å²) in [5.41, 5.74) is 9.29. The Hall–Kier alpha value is -4.08. The molecule has 2 heterocycles. The standard InChI is InChI=1S/C37H36N4O.Pt/c1-25(2)32-21-29(27-12-7-6-8-13-27)22-33(26(3)4)36(32)41-23-34(38-37(41)31-16-9-10-17-35(31)42)28-14-11-15-30(20-28)40-19-18-39(5)24-40;/h6-19,21-26,42H,1-5H3;/q-2;+2. The fourth-order valence-corrected chi connectivity index (χ4v) is 5.52. The number of phenols is 1. The monoisotopic (exact) mass is 747 g/mol. The Morgan fingerprint density at radius 3 is 2.09 bits per heavy atom. The van der Waals surface area contributed by atoms with Crippen molar-refractivity contribution in [2.24, 2.45) is 0 Å². The first kappa shape index (κ1) is 30.4. The van der Waals surface area contributed by atoms with Gasteiger partial charge in [0.1, 0.15) is 11.6 Å². The van der Waals surface area contributed by atoms with Gasteiger partial charge in [0.25, 0.3) is 0 Å². The van der Waals surface area contributed by atoms with Gasteiger partial charge in [-0.15, -0.1) is 29.8 Å². The number of imidazole rings is 1. The van der Waals surface area contributed by atoms with Crippen LogP contribution in [0, 0.1) is 12.7 Å². The van der Waals surface area contributed by atoms with E-state index in [1.165, 1.54) is 22.3 Å². The normalized spacial score (nSPS) is 12.8. The number of aromatic nitrogens is 2. The van der Waals surface area contributed by atoms with Gasteiger partial charge in [-0.3, -0.25) is 4.98 Å². The van der Waals surface area contributed by atoms with Gasteiger partial charge >= 0.3 is 21.1 Å². The Morgan fingerprint density at radius 2 is 1.47 bits per heavy atom. The van der Waals surface area contributed by atoms with E-state index in [-0.39, 0.29) is 38.7 Å². The second kappa shape index (κ2) is 12.6. The summed E-state index contributed by atoms with van der Waals surface area (Å²) >= 11 is 0. The molecule has 0 atom stereocenters. The van der Waals surface area contributed by atoms with Crippen LogP contribution < -0.4 is 4.90 Å². The summed E-state index contributed by atoms with van der Waals surface area (Å²) in [6.07, 6.45) is 6.12. The van der Waals surface area contributed by atoms with Gasteiger partial charge in [-0.1, -0.05) is 75.8 Å². The van der Waals surface area contributed by atoms with E-state index >= 15 is 0 Å². The maximum atomic E-state index is 11.0. The number of hydrogen-bond acceptors (Lipinski definition) is 4. The minimum Gasteiger partial charge on any atom is -0.510 e. The van der Waals surface area contributed by atoms with Gasteiger partial charge in [0.05, 0.1) is 11.3 Å². The summed E-state index contributed by atoms with van der Waals surface area (Å²) in [5.74, 6) is 1.42. The zero-order chi connectivity index (χ0) is 29.4. The summed E-state index contributed by atoms with van der Waals surface area (Å²) in [7, 11) is 2.00. The molecule has 0 amide bonds. The van der Waals surface area contributed by atoms with E-state index in [0.29, 0.717) is 11.4 Å². The van der Waals surface area contributed by atoms with Crippen molar-refractivity contribution in [3.05, 3.63) is 127 Å². The van der Waals surface area contributed by atoms with Crippen molar-refractivity contribution in [2.75, 3.05) is 11.9 Å². The molecular formula is C37H36N4OPt. The van der Waals surface area contributed by atoms with E-state index in [9.17, 15) is 5.11 Å². The van der Waals surface area contributed by atoms with Crippen molar-refractivity contribution in [3.8, 4) is 45.2 Å². The number of rotatable bonds is 7. The summed E-state index contributed by atoms with van der Waals surface area (Å²) in [5, 5.41) is 11.0. The Morgan fingerprint density at radius 1 is 0.791 bits per heavy atom. The maximum Gasteiger partial charge on any atom is 2.00 e. The van der Waals surface area contributed by atoms with Crippen molar-refractivity contribution in [1.29, 1.82) is 0 Å². The van der Waals surface area contributed by atoms with Crippen LogP contribution in [-0.2, 0) is 21.1 Å². The average molecular weight is 748 g/mol. The van der Waals surface area contributed by atoms with Crippen LogP contribution in [0.2, 0.25) is 0 Å². The van der Waals surface area contributed by atoms with E-state index in [1.54, 1.807) is 6.07 Å². The second-order valence-corrected chi connectivity index (χ2v) is 11.5. The van der Waals surface area contributed by atoms with E-state index in [1.807, 2.05) is 72.3 Å². The molecule has 5 nitrogen and oxygen atoms in total. The number of hydrogen-bond donors (Lipinski definition) is 1. The summed E-state index contributed by atoms with van der Waals surface area (Å²) in [4.78, 5) is 9.21. The number of nitrogens with zero attached hydrogens (tertiary/aromatic N) is 4. The molecule has 1 aliphatic heterocycles. The first-order chi connectivity index (χ1) is 20.3. The van der Waals surface area contributed by atoms with E-state index in [4.69, 9.17) is 4.98 Å². The van der Waals surface area contributed by atoms with Gasteiger partial charge in [-0.25, -0.2) is 0 Å². The van der Waals surface area contributed by atoms with Gasteiger partial charge in [0, 0.05) is 5.69 Å². The fourth-order valence-electron chi connectivity index (χ4n) is 5.52. The molecule has 0 aliphatic carbocycles. The number of anilines is 1. The molecule has 4 aromatic carbocycles. The van der Waals surface area contributed by atoms with E-state index < -0.39 is 0 Å². The summed E-state index contributed by atoms with van der Waals surface area (Å²) in [6.45, 7) is 11.0. The topological polar surface area (TPSA) is 44.5 Å². The van der Waals surface area contributed by atoms with Crippen LogP contribution in [0.25, 0.3) is 39.5 Å². The summed E-state index contributed by atoms with van der Waals surface area (Å²) in [6, 6.07) is 32.3. The largest absolute Gasteiger partial charge is 2.00 e. The van der Waals surface area contributed by atoms with Crippen molar-refractivity contribution in [3.63, 3.8) is 0 Å². The van der Waals surface area contributed by atoms with Gasteiger partial charge in [0.15, 0.2) is 0 Å². The van der Waals surface area contributed by atoms with E-state index in [2.05, 4.69) is 87.0 Å². The zero-order valence-corrected chi connectivity index (χ0v) is 27.4. The molecule has 0 radical (unpaired) electrons. The molecule has 6 rings (SSSR count). The third-order valence-corrected chi connectivity index (χ3v) is 7.71. The first-order valence-corrected chi connectivity index (χ1v) is 14.5.